The van der Waals surface area contributed by atoms with E-state index in [2.05, 4.69) is 0 Å². The molecular weight excluding hydrogens is 412 g/mol. The molecule has 0 aromatic heterocycles. The smallest absolute Gasteiger partial charge is 0.303 e. The third-order valence-corrected chi connectivity index (χ3v) is 4.42. The van der Waals surface area contributed by atoms with Crippen LogP contribution in [0.2, 0.25) is 0 Å². The van der Waals surface area contributed by atoms with E-state index in [1.54, 1.807) is 0 Å². The van der Waals surface area contributed by atoms with Crippen LogP contribution < -0.4 is 0 Å². The fourth-order valence-electron chi connectivity index (χ4n) is 3.11. The number of aliphatic hydroxyl groups excluding tert-OH is 4. The van der Waals surface area contributed by atoms with E-state index in [-0.39, 0.29) is 6.61 Å². The Bertz CT molecular complexity index is 625. The Labute approximate surface area is 171 Å². The lowest BCUT2D eigenvalue weighted by Crippen LogP contribution is -2.60. The van der Waals surface area contributed by atoms with E-state index in [1.807, 2.05) is 0 Å². The molecular formula is C17H26O13. The number of esters is 3. The third kappa shape index (κ3) is 6.07. The second kappa shape index (κ2) is 10.4. The first kappa shape index (κ1) is 24.4. The molecule has 0 aromatic rings. The van der Waals surface area contributed by atoms with Crippen molar-refractivity contribution in [2.45, 2.75) is 76.1 Å². The summed E-state index contributed by atoms with van der Waals surface area (Å²) in [6.45, 7) is 2.62. The molecule has 2 aliphatic rings. The second-order valence-corrected chi connectivity index (χ2v) is 6.87. The van der Waals surface area contributed by atoms with Gasteiger partial charge in [-0.15, -0.1) is 0 Å². The maximum Gasteiger partial charge on any atom is 0.303 e. The molecule has 172 valence electrons. The van der Waals surface area contributed by atoms with Crippen molar-refractivity contribution in [1.82, 2.24) is 0 Å². The van der Waals surface area contributed by atoms with Gasteiger partial charge in [-0.05, 0) is 0 Å². The minimum atomic E-state index is -1.77. The highest BCUT2D eigenvalue weighted by atomic mass is 16.7. The standard InChI is InChI=1S/C17H26O13/c1-6(18)27-10-5-26-17(15(29-8(3)20)14(10)28-7(2)19)25-4-9-11(21)12(22)13(23)16(24)30-9/h9-17,21-24H,4-5H2,1-3H3/t9-,10+,11+,12+,13-,14+,15-,16-,17-/m1/s1. The van der Waals surface area contributed by atoms with Gasteiger partial charge in [0.05, 0.1) is 13.2 Å². The molecule has 0 radical (unpaired) electrons. The fraction of sp³-hybridized carbons (Fsp3) is 0.824. The molecule has 9 atom stereocenters. The van der Waals surface area contributed by atoms with Gasteiger partial charge in [0.2, 0.25) is 0 Å². The van der Waals surface area contributed by atoms with Crippen LogP contribution in [0.25, 0.3) is 0 Å². The van der Waals surface area contributed by atoms with E-state index < -0.39 is 79.8 Å². The first-order chi connectivity index (χ1) is 14.0. The average molecular weight is 438 g/mol. The molecule has 0 aliphatic carbocycles. The Hall–Kier alpha value is -1.87. The van der Waals surface area contributed by atoms with Crippen LogP contribution in [0, 0.1) is 0 Å². The van der Waals surface area contributed by atoms with Gasteiger partial charge in [-0.25, -0.2) is 0 Å². The molecule has 30 heavy (non-hydrogen) atoms. The van der Waals surface area contributed by atoms with E-state index >= 15 is 0 Å². The number of carbonyl (C=O) groups is 3. The molecule has 2 rings (SSSR count). The lowest BCUT2D eigenvalue weighted by atomic mass is 9.99. The van der Waals surface area contributed by atoms with Crippen molar-refractivity contribution < 1.29 is 63.2 Å². The van der Waals surface area contributed by atoms with E-state index in [9.17, 15) is 34.8 Å². The Balaban J connectivity index is 2.14. The Morgan fingerprint density at radius 3 is 1.97 bits per heavy atom. The van der Waals surface area contributed by atoms with E-state index in [0.29, 0.717) is 0 Å². The van der Waals surface area contributed by atoms with Crippen molar-refractivity contribution in [2.75, 3.05) is 13.2 Å². The molecule has 0 spiro atoms. The zero-order valence-corrected chi connectivity index (χ0v) is 16.6. The minimum Gasteiger partial charge on any atom is -0.456 e. The van der Waals surface area contributed by atoms with Crippen molar-refractivity contribution in [3.8, 4) is 0 Å². The Kier molecular flexibility index (Phi) is 8.49. The molecule has 13 nitrogen and oxygen atoms in total. The first-order valence-electron chi connectivity index (χ1n) is 9.13. The molecule has 0 amide bonds. The monoisotopic (exact) mass is 438 g/mol. The van der Waals surface area contributed by atoms with Crippen LogP contribution in [0.1, 0.15) is 20.8 Å². The van der Waals surface area contributed by atoms with Crippen LogP contribution >= 0.6 is 0 Å². The summed E-state index contributed by atoms with van der Waals surface area (Å²) in [6.07, 6.45) is -13.0. The Morgan fingerprint density at radius 2 is 1.40 bits per heavy atom. The van der Waals surface area contributed by atoms with Gasteiger partial charge in [0.15, 0.2) is 30.9 Å². The second-order valence-electron chi connectivity index (χ2n) is 6.87. The van der Waals surface area contributed by atoms with E-state index in [1.165, 1.54) is 0 Å². The van der Waals surface area contributed by atoms with Crippen LogP contribution in [-0.4, -0.2) is 107 Å². The van der Waals surface area contributed by atoms with Gasteiger partial charge in [-0.1, -0.05) is 0 Å². The van der Waals surface area contributed by atoms with Gasteiger partial charge in [-0.2, -0.15) is 0 Å². The lowest BCUT2D eigenvalue weighted by Gasteiger charge is -2.42. The summed E-state index contributed by atoms with van der Waals surface area (Å²) < 4.78 is 31.3. The number of rotatable bonds is 6. The highest BCUT2D eigenvalue weighted by Gasteiger charge is 2.49. The van der Waals surface area contributed by atoms with Gasteiger partial charge < -0.3 is 48.8 Å². The summed E-state index contributed by atoms with van der Waals surface area (Å²) in [4.78, 5) is 34.4. The summed E-state index contributed by atoms with van der Waals surface area (Å²) in [7, 11) is 0. The van der Waals surface area contributed by atoms with Gasteiger partial charge in [0, 0.05) is 20.8 Å². The highest BCUT2D eigenvalue weighted by molar-refractivity contribution is 5.68. The van der Waals surface area contributed by atoms with Crippen molar-refractivity contribution in [1.29, 1.82) is 0 Å². The number of hydrogen-bond acceptors (Lipinski definition) is 13. The molecule has 4 N–H and O–H groups in total. The van der Waals surface area contributed by atoms with E-state index in [4.69, 9.17) is 28.4 Å². The maximum atomic E-state index is 11.6. The van der Waals surface area contributed by atoms with E-state index in [0.717, 1.165) is 20.8 Å². The highest BCUT2D eigenvalue weighted by Crippen LogP contribution is 2.27. The quantitative estimate of drug-likeness (QED) is 0.242. The SMILES string of the molecule is CC(=O)O[C@@H]1[C@@H](OC(C)=O)[C@H](OC[C@H]2O[C@@H](O)[C@H](O)[C@@H](O)[C@H]2O)OC[C@@H]1OC(C)=O. The number of aliphatic hydroxyl groups is 4. The predicted molar refractivity (Wildman–Crippen MR) is 91.3 cm³/mol. The van der Waals surface area contributed by atoms with Crippen LogP contribution in [-0.2, 0) is 42.8 Å². The van der Waals surface area contributed by atoms with Gasteiger partial charge in [0.25, 0.3) is 0 Å². The Morgan fingerprint density at radius 1 is 0.833 bits per heavy atom. The number of ether oxygens (including phenoxy) is 6. The molecule has 2 aliphatic heterocycles. The number of carbonyl (C=O) groups excluding carboxylic acids is 3. The molecule has 2 fully saturated rings. The molecule has 0 saturated carbocycles. The summed E-state index contributed by atoms with van der Waals surface area (Å²) in [5.74, 6) is -2.18. The zero-order valence-electron chi connectivity index (χ0n) is 16.6. The number of hydrogen-bond donors (Lipinski definition) is 4. The lowest BCUT2D eigenvalue weighted by molar-refractivity contribution is -0.314. The summed E-state index contributed by atoms with van der Waals surface area (Å²) in [6, 6.07) is 0. The van der Waals surface area contributed by atoms with Crippen molar-refractivity contribution in [3.63, 3.8) is 0 Å². The van der Waals surface area contributed by atoms with Crippen molar-refractivity contribution in [3.05, 3.63) is 0 Å². The first-order valence-corrected chi connectivity index (χ1v) is 9.13. The predicted octanol–water partition coefficient (Wildman–Crippen LogP) is -3.05. The summed E-state index contributed by atoms with van der Waals surface area (Å²) in [5.41, 5.74) is 0. The molecule has 0 aromatic carbocycles. The van der Waals surface area contributed by atoms with Crippen LogP contribution in [0.4, 0.5) is 0 Å². The molecule has 13 heteroatoms. The average Bonchev–Trinajstić information content (AvgIpc) is 2.64. The largest absolute Gasteiger partial charge is 0.456 e. The van der Waals surface area contributed by atoms with Gasteiger partial charge in [-0.3, -0.25) is 14.4 Å². The summed E-state index contributed by atoms with van der Waals surface area (Å²) in [5, 5.41) is 38.9. The van der Waals surface area contributed by atoms with Gasteiger partial charge in [0.1, 0.15) is 24.4 Å². The van der Waals surface area contributed by atoms with Crippen LogP contribution in [0.5, 0.6) is 0 Å². The van der Waals surface area contributed by atoms with Crippen LogP contribution in [0.15, 0.2) is 0 Å². The summed E-state index contributed by atoms with van der Waals surface area (Å²) >= 11 is 0. The molecule has 0 unspecified atom stereocenters. The normalized spacial score (nSPS) is 39.1. The fourth-order valence-corrected chi connectivity index (χ4v) is 3.11. The van der Waals surface area contributed by atoms with Crippen LogP contribution in [0.3, 0.4) is 0 Å². The maximum absolute atomic E-state index is 11.6. The molecule has 2 saturated heterocycles. The van der Waals surface area contributed by atoms with Gasteiger partial charge >= 0.3 is 17.9 Å². The zero-order chi connectivity index (χ0) is 22.6. The van der Waals surface area contributed by atoms with Crippen molar-refractivity contribution >= 4 is 17.9 Å². The van der Waals surface area contributed by atoms with Crippen molar-refractivity contribution in [2.24, 2.45) is 0 Å². The molecule has 0 bridgehead atoms. The topological polar surface area (TPSA) is 188 Å². The molecule has 2 heterocycles. The third-order valence-electron chi connectivity index (χ3n) is 4.42. The minimum absolute atomic E-state index is 0.266.